The van der Waals surface area contributed by atoms with Crippen molar-refractivity contribution in [1.82, 2.24) is 15.2 Å². The van der Waals surface area contributed by atoms with Gasteiger partial charge in [-0.15, -0.1) is 10.2 Å². The van der Waals surface area contributed by atoms with Gasteiger partial charge in [0.25, 0.3) is 0 Å². The minimum atomic E-state index is -0.153. The lowest BCUT2D eigenvalue weighted by atomic mass is 10.2. The van der Waals surface area contributed by atoms with Crippen molar-refractivity contribution < 1.29 is 13.9 Å². The minimum absolute atomic E-state index is 0.153. The number of nitrogens with zero attached hydrogens (tertiary/aromatic N) is 3. The molecule has 0 bridgehead atoms. The van der Waals surface area contributed by atoms with Crippen molar-refractivity contribution in [2.45, 2.75) is 13.0 Å². The number of rotatable bonds is 6. The number of anilines is 1. The number of nitrogens with one attached hydrogen (secondary N) is 1. The van der Waals surface area contributed by atoms with E-state index >= 15 is 0 Å². The van der Waals surface area contributed by atoms with E-state index in [1.807, 2.05) is 37.3 Å². The second kappa shape index (κ2) is 6.99. The fraction of sp³-hybridized carbons (Fsp3) is 0.235. The zero-order chi connectivity index (χ0) is 16.9. The highest BCUT2D eigenvalue weighted by atomic mass is 16.5. The lowest BCUT2D eigenvalue weighted by molar-refractivity contribution is 0.398. The van der Waals surface area contributed by atoms with E-state index in [1.54, 1.807) is 26.5 Å². The highest BCUT2D eigenvalue weighted by Gasteiger charge is 2.15. The molecule has 0 saturated heterocycles. The van der Waals surface area contributed by atoms with E-state index < -0.39 is 0 Å². The molecule has 1 atom stereocenters. The van der Waals surface area contributed by atoms with E-state index in [0.717, 1.165) is 17.0 Å². The van der Waals surface area contributed by atoms with Crippen LogP contribution in [-0.4, -0.2) is 29.4 Å². The molecule has 7 nitrogen and oxygen atoms in total. The summed E-state index contributed by atoms with van der Waals surface area (Å²) in [7, 11) is 3.21. The first-order valence-electron chi connectivity index (χ1n) is 7.44. The van der Waals surface area contributed by atoms with Gasteiger partial charge in [-0.1, -0.05) is 0 Å². The van der Waals surface area contributed by atoms with Gasteiger partial charge in [-0.2, -0.15) is 0 Å². The molecule has 0 saturated carbocycles. The summed E-state index contributed by atoms with van der Waals surface area (Å²) in [5.41, 5.74) is 1.68. The van der Waals surface area contributed by atoms with Crippen LogP contribution in [0.25, 0.3) is 11.5 Å². The molecule has 124 valence electrons. The first kappa shape index (κ1) is 15.8. The summed E-state index contributed by atoms with van der Waals surface area (Å²) >= 11 is 0. The number of aromatic nitrogens is 3. The van der Waals surface area contributed by atoms with Crippen LogP contribution in [0.2, 0.25) is 0 Å². The van der Waals surface area contributed by atoms with E-state index in [4.69, 9.17) is 13.9 Å². The first-order valence-corrected chi connectivity index (χ1v) is 7.44. The van der Waals surface area contributed by atoms with Crippen LogP contribution in [-0.2, 0) is 0 Å². The Kier molecular flexibility index (Phi) is 4.60. The largest absolute Gasteiger partial charge is 0.497 e. The third kappa shape index (κ3) is 3.45. The minimum Gasteiger partial charge on any atom is -0.497 e. The average Bonchev–Trinajstić information content (AvgIpc) is 3.13. The Morgan fingerprint density at radius 1 is 1.00 bits per heavy atom. The predicted octanol–water partition coefficient (Wildman–Crippen LogP) is 3.32. The van der Waals surface area contributed by atoms with E-state index in [2.05, 4.69) is 20.5 Å². The lowest BCUT2D eigenvalue weighted by Crippen LogP contribution is -2.07. The highest BCUT2D eigenvalue weighted by molar-refractivity contribution is 5.54. The standard InChI is InChI=1S/C17H18N4O3/c1-11(19-13-6-9-15(23-3)18-10-13)16-20-21-17(24-16)12-4-7-14(22-2)8-5-12/h4-11,19H,1-3H3/t11-/m1/s1. The molecule has 0 unspecified atom stereocenters. The number of benzene rings is 1. The van der Waals surface area contributed by atoms with Crippen molar-refractivity contribution in [2.75, 3.05) is 19.5 Å². The molecular formula is C17H18N4O3. The fourth-order valence-electron chi connectivity index (χ4n) is 2.16. The predicted molar refractivity (Wildman–Crippen MR) is 89.1 cm³/mol. The third-order valence-corrected chi connectivity index (χ3v) is 3.48. The molecule has 0 amide bonds. The second-order valence-electron chi connectivity index (χ2n) is 5.13. The van der Waals surface area contributed by atoms with E-state index in [0.29, 0.717) is 17.7 Å². The maximum Gasteiger partial charge on any atom is 0.247 e. The van der Waals surface area contributed by atoms with Gasteiger partial charge in [0.05, 0.1) is 26.1 Å². The number of pyridine rings is 1. The van der Waals surface area contributed by atoms with Gasteiger partial charge < -0.3 is 19.2 Å². The van der Waals surface area contributed by atoms with E-state index in [9.17, 15) is 0 Å². The molecule has 3 rings (SSSR count). The smallest absolute Gasteiger partial charge is 0.247 e. The SMILES string of the molecule is COc1ccc(-c2nnc([C@@H](C)Nc3ccc(OC)nc3)o2)cc1. The van der Waals surface area contributed by atoms with Crippen molar-refractivity contribution in [3.05, 3.63) is 48.5 Å². The van der Waals surface area contributed by atoms with Gasteiger partial charge in [0.15, 0.2) is 0 Å². The summed E-state index contributed by atoms with van der Waals surface area (Å²) in [6.45, 7) is 1.94. The van der Waals surface area contributed by atoms with Crippen molar-refractivity contribution in [2.24, 2.45) is 0 Å². The van der Waals surface area contributed by atoms with Crippen LogP contribution >= 0.6 is 0 Å². The summed E-state index contributed by atoms with van der Waals surface area (Å²) in [5.74, 6) is 2.30. The fourth-order valence-corrected chi connectivity index (χ4v) is 2.16. The van der Waals surface area contributed by atoms with Crippen molar-refractivity contribution in [3.8, 4) is 23.1 Å². The van der Waals surface area contributed by atoms with Gasteiger partial charge >= 0.3 is 0 Å². The Bertz CT molecular complexity index is 784. The Balaban J connectivity index is 1.71. The summed E-state index contributed by atoms with van der Waals surface area (Å²) in [4.78, 5) is 4.15. The van der Waals surface area contributed by atoms with Gasteiger partial charge in [0.2, 0.25) is 17.7 Å². The monoisotopic (exact) mass is 326 g/mol. The van der Waals surface area contributed by atoms with Crippen LogP contribution in [0.15, 0.2) is 47.0 Å². The number of ether oxygens (including phenoxy) is 2. The van der Waals surface area contributed by atoms with E-state index in [1.165, 1.54) is 0 Å². The summed E-state index contributed by atoms with van der Waals surface area (Å²) in [5, 5.41) is 11.5. The summed E-state index contributed by atoms with van der Waals surface area (Å²) < 4.78 is 15.9. The molecule has 0 fully saturated rings. The second-order valence-corrected chi connectivity index (χ2v) is 5.13. The van der Waals surface area contributed by atoms with E-state index in [-0.39, 0.29) is 6.04 Å². The molecule has 0 spiro atoms. The van der Waals surface area contributed by atoms with Crippen LogP contribution < -0.4 is 14.8 Å². The molecule has 3 aromatic rings. The van der Waals surface area contributed by atoms with Crippen LogP contribution in [0.3, 0.4) is 0 Å². The topological polar surface area (TPSA) is 82.3 Å². The first-order chi connectivity index (χ1) is 11.7. The molecule has 0 aliphatic heterocycles. The third-order valence-electron chi connectivity index (χ3n) is 3.48. The Hall–Kier alpha value is -3.09. The maximum atomic E-state index is 5.75. The molecular weight excluding hydrogens is 308 g/mol. The molecule has 0 radical (unpaired) electrons. The van der Waals surface area contributed by atoms with Gasteiger partial charge in [-0.3, -0.25) is 0 Å². The van der Waals surface area contributed by atoms with Crippen molar-refractivity contribution in [3.63, 3.8) is 0 Å². The van der Waals surface area contributed by atoms with Crippen LogP contribution in [0.1, 0.15) is 18.9 Å². The zero-order valence-electron chi connectivity index (χ0n) is 13.7. The lowest BCUT2D eigenvalue weighted by Gasteiger charge is -2.11. The van der Waals surface area contributed by atoms with Gasteiger partial charge in [-0.25, -0.2) is 4.98 Å². The average molecular weight is 326 g/mol. The van der Waals surface area contributed by atoms with Crippen LogP contribution in [0, 0.1) is 0 Å². The molecule has 0 aliphatic rings. The molecule has 1 N–H and O–H groups in total. The maximum absolute atomic E-state index is 5.75. The van der Waals surface area contributed by atoms with Crippen LogP contribution in [0.4, 0.5) is 5.69 Å². The molecule has 0 aliphatic carbocycles. The Morgan fingerprint density at radius 2 is 1.79 bits per heavy atom. The Labute approximate surface area is 139 Å². The normalized spacial score (nSPS) is 11.8. The molecule has 24 heavy (non-hydrogen) atoms. The summed E-state index contributed by atoms with van der Waals surface area (Å²) in [6.07, 6.45) is 1.69. The molecule has 2 aromatic heterocycles. The summed E-state index contributed by atoms with van der Waals surface area (Å²) in [6, 6.07) is 11.0. The molecule has 7 heteroatoms. The van der Waals surface area contributed by atoms with Gasteiger partial charge in [-0.05, 0) is 37.3 Å². The quantitative estimate of drug-likeness (QED) is 0.744. The zero-order valence-corrected chi connectivity index (χ0v) is 13.7. The number of hydrogen-bond acceptors (Lipinski definition) is 7. The Morgan fingerprint density at radius 3 is 2.42 bits per heavy atom. The number of methoxy groups -OCH3 is 2. The number of hydrogen-bond donors (Lipinski definition) is 1. The van der Waals surface area contributed by atoms with Gasteiger partial charge in [0, 0.05) is 11.6 Å². The molecule has 1 aromatic carbocycles. The van der Waals surface area contributed by atoms with Crippen LogP contribution in [0.5, 0.6) is 11.6 Å². The molecule has 2 heterocycles. The van der Waals surface area contributed by atoms with Crippen molar-refractivity contribution >= 4 is 5.69 Å². The highest BCUT2D eigenvalue weighted by Crippen LogP contribution is 2.24. The van der Waals surface area contributed by atoms with Gasteiger partial charge in [0.1, 0.15) is 11.8 Å². The van der Waals surface area contributed by atoms with Crippen molar-refractivity contribution in [1.29, 1.82) is 0 Å².